The van der Waals surface area contributed by atoms with Crippen molar-refractivity contribution in [1.82, 2.24) is 0 Å². The Hall–Kier alpha value is -3.41. The molecule has 0 saturated carbocycles. The fourth-order valence-corrected chi connectivity index (χ4v) is 6.26. The first-order valence-electron chi connectivity index (χ1n) is 11.4. The van der Waals surface area contributed by atoms with Crippen LogP contribution < -0.4 is 23.4 Å². The maximum absolute atomic E-state index is 14.0. The second-order valence-electron chi connectivity index (χ2n) is 8.70. The Bertz CT molecular complexity index is 1640. The molecule has 0 saturated heterocycles. The average Bonchev–Trinajstić information content (AvgIpc) is 2.88. The van der Waals surface area contributed by atoms with E-state index in [2.05, 4.69) is 5.32 Å². The largest absolute Gasteiger partial charge is 0.493 e. The topological polar surface area (TPSA) is 105 Å². The van der Waals surface area contributed by atoms with E-state index >= 15 is 0 Å². The van der Waals surface area contributed by atoms with Crippen molar-refractivity contribution in [3.63, 3.8) is 0 Å². The highest BCUT2D eigenvalue weighted by molar-refractivity contribution is 7.93. The molecule has 0 spiro atoms. The zero-order valence-corrected chi connectivity index (χ0v) is 23.9. The van der Waals surface area contributed by atoms with Crippen molar-refractivity contribution in [3.8, 4) is 11.5 Å². The van der Waals surface area contributed by atoms with E-state index in [0.717, 1.165) is 11.8 Å². The highest BCUT2D eigenvalue weighted by Gasteiger charge is 2.33. The van der Waals surface area contributed by atoms with Crippen LogP contribution in [0.2, 0.25) is 5.02 Å². The molecule has 0 atom stereocenters. The Morgan fingerprint density at radius 1 is 0.947 bits per heavy atom. The Morgan fingerprint density at radius 2 is 1.66 bits per heavy atom. The van der Waals surface area contributed by atoms with Crippen LogP contribution in [0.25, 0.3) is 5.57 Å². The lowest BCUT2D eigenvalue weighted by molar-refractivity contribution is 0.354. The molecule has 1 heterocycles. The van der Waals surface area contributed by atoms with Gasteiger partial charge in [-0.3, -0.25) is 8.61 Å². The zero-order chi connectivity index (χ0) is 27.8. The minimum Gasteiger partial charge on any atom is -0.493 e. The number of allylic oxidation sites excluding steroid dienone is 1. The summed E-state index contributed by atoms with van der Waals surface area (Å²) in [6.45, 7) is 1.88. The summed E-state index contributed by atoms with van der Waals surface area (Å²) in [5.74, 6) is 0.694. The van der Waals surface area contributed by atoms with Crippen molar-refractivity contribution in [2.45, 2.75) is 11.8 Å². The number of benzene rings is 3. The number of ether oxygens (including phenoxy) is 2. The summed E-state index contributed by atoms with van der Waals surface area (Å²) in [7, 11) is -3.14. The third-order valence-corrected chi connectivity index (χ3v) is 9.53. The Morgan fingerprint density at radius 3 is 2.32 bits per heavy atom. The highest BCUT2D eigenvalue weighted by atomic mass is 35.5. The number of nitrogens with zero attached hydrogens (tertiary/aromatic N) is 2. The monoisotopic (exact) mass is 577 g/mol. The molecule has 202 valence electrons. The molecule has 1 aliphatic heterocycles. The molecule has 9 nitrogen and oxygen atoms in total. The van der Waals surface area contributed by atoms with Gasteiger partial charge in [0.05, 0.1) is 43.3 Å². The van der Waals surface area contributed by atoms with E-state index in [1.807, 2.05) is 6.92 Å². The summed E-state index contributed by atoms with van der Waals surface area (Å²) < 4.78 is 65.0. The minimum absolute atomic E-state index is 0.0119. The fraction of sp³-hybridized carbons (Fsp3) is 0.231. The first-order chi connectivity index (χ1) is 17.9. The summed E-state index contributed by atoms with van der Waals surface area (Å²) in [5, 5.41) is 3.70. The van der Waals surface area contributed by atoms with Crippen LogP contribution in [0.3, 0.4) is 0 Å². The van der Waals surface area contributed by atoms with Crippen LogP contribution in [0.1, 0.15) is 12.5 Å². The van der Waals surface area contributed by atoms with E-state index in [0.29, 0.717) is 39.1 Å². The molecule has 38 heavy (non-hydrogen) atoms. The second kappa shape index (κ2) is 10.4. The summed E-state index contributed by atoms with van der Waals surface area (Å²) in [4.78, 5) is 0.0248. The zero-order valence-electron chi connectivity index (χ0n) is 21.5. The molecular weight excluding hydrogens is 550 g/mol. The maximum Gasteiger partial charge on any atom is 0.264 e. The van der Waals surface area contributed by atoms with Gasteiger partial charge in [0.25, 0.3) is 10.0 Å². The number of sulfonamides is 2. The number of hydrogen-bond acceptors (Lipinski definition) is 7. The van der Waals surface area contributed by atoms with Crippen molar-refractivity contribution in [1.29, 1.82) is 0 Å². The first kappa shape index (κ1) is 27.6. The number of nitrogens with one attached hydrogen (secondary N) is 1. The molecular formula is C26H28ClN3O6S2. The van der Waals surface area contributed by atoms with E-state index in [-0.39, 0.29) is 17.2 Å². The van der Waals surface area contributed by atoms with Gasteiger partial charge in [-0.1, -0.05) is 23.7 Å². The molecule has 3 aromatic rings. The second-order valence-corrected chi connectivity index (χ2v) is 13.0. The van der Waals surface area contributed by atoms with E-state index in [9.17, 15) is 16.8 Å². The van der Waals surface area contributed by atoms with E-state index in [1.54, 1.807) is 48.5 Å². The molecule has 1 aliphatic rings. The number of halogens is 1. The number of hydrogen-bond donors (Lipinski definition) is 1. The molecule has 4 rings (SSSR count). The van der Waals surface area contributed by atoms with Gasteiger partial charge in [0, 0.05) is 35.1 Å². The van der Waals surface area contributed by atoms with E-state index in [4.69, 9.17) is 21.1 Å². The van der Waals surface area contributed by atoms with Crippen molar-refractivity contribution in [2.24, 2.45) is 0 Å². The highest BCUT2D eigenvalue weighted by Crippen LogP contribution is 2.41. The predicted molar refractivity (Wildman–Crippen MR) is 151 cm³/mol. The fourth-order valence-electron chi connectivity index (χ4n) is 4.14. The summed E-state index contributed by atoms with van der Waals surface area (Å²) >= 11 is 6.28. The molecule has 1 N–H and O–H groups in total. The van der Waals surface area contributed by atoms with Crippen LogP contribution in [0.15, 0.2) is 71.3 Å². The standard InChI is InChI=1S/C26H28ClN3O6S2/c1-17-22-11-9-18(27)13-24(22)30(38(33,34)21-10-12-25(35-3)26(15-21)36-4)16-23(17)28-19-7-6-8-20(14-19)29(2)37(5,31)32/h6-15,28H,16H2,1-5H3. The third kappa shape index (κ3) is 5.27. The summed E-state index contributed by atoms with van der Waals surface area (Å²) in [6.07, 6.45) is 1.12. The molecule has 0 aromatic heterocycles. The SMILES string of the molecule is COc1ccc(S(=O)(=O)N2CC(Nc3cccc(N(C)S(C)(=O)=O)c3)=C(C)c3ccc(Cl)cc32)cc1OC. The lowest BCUT2D eigenvalue weighted by Crippen LogP contribution is -2.37. The van der Waals surface area contributed by atoms with Crippen LogP contribution >= 0.6 is 11.6 Å². The van der Waals surface area contributed by atoms with Crippen LogP contribution in [0, 0.1) is 0 Å². The van der Waals surface area contributed by atoms with Gasteiger partial charge in [-0.2, -0.15) is 0 Å². The molecule has 12 heteroatoms. The van der Waals surface area contributed by atoms with Gasteiger partial charge in [0.2, 0.25) is 10.0 Å². The number of methoxy groups -OCH3 is 2. The molecule has 0 fully saturated rings. The van der Waals surface area contributed by atoms with E-state index in [1.165, 1.54) is 42.0 Å². The first-order valence-corrected chi connectivity index (χ1v) is 15.1. The molecule has 0 aliphatic carbocycles. The molecule has 0 unspecified atom stereocenters. The van der Waals surface area contributed by atoms with Crippen LogP contribution in [-0.4, -0.2) is 50.9 Å². The Kier molecular flexibility index (Phi) is 7.55. The smallest absolute Gasteiger partial charge is 0.264 e. The number of fused-ring (bicyclic) bond motifs is 1. The van der Waals surface area contributed by atoms with Gasteiger partial charge in [-0.15, -0.1) is 0 Å². The lowest BCUT2D eigenvalue weighted by Gasteiger charge is -2.33. The normalized spacial score (nSPS) is 13.7. The van der Waals surface area contributed by atoms with Gasteiger partial charge in [-0.25, -0.2) is 16.8 Å². The summed E-state index contributed by atoms with van der Waals surface area (Å²) in [6, 6.07) is 16.4. The molecule has 0 amide bonds. The summed E-state index contributed by atoms with van der Waals surface area (Å²) in [5.41, 5.74) is 3.67. The van der Waals surface area contributed by atoms with Crippen molar-refractivity contribution in [2.75, 3.05) is 48.0 Å². The van der Waals surface area contributed by atoms with Crippen molar-refractivity contribution in [3.05, 3.63) is 76.9 Å². The van der Waals surface area contributed by atoms with Gasteiger partial charge in [-0.05, 0) is 55.0 Å². The minimum atomic E-state index is -4.06. The van der Waals surface area contributed by atoms with Crippen LogP contribution in [-0.2, 0) is 20.0 Å². The Balaban J connectivity index is 1.79. The third-order valence-electron chi connectivity index (χ3n) is 6.33. The maximum atomic E-state index is 14.0. The van der Waals surface area contributed by atoms with Crippen LogP contribution in [0.4, 0.5) is 17.1 Å². The van der Waals surface area contributed by atoms with Gasteiger partial charge >= 0.3 is 0 Å². The number of rotatable bonds is 8. The van der Waals surface area contributed by atoms with Gasteiger partial charge in [0.1, 0.15) is 0 Å². The Labute approximate surface area is 228 Å². The van der Waals surface area contributed by atoms with Crippen LogP contribution in [0.5, 0.6) is 11.5 Å². The van der Waals surface area contributed by atoms with Gasteiger partial charge in [0.15, 0.2) is 11.5 Å². The molecule has 3 aromatic carbocycles. The van der Waals surface area contributed by atoms with Crippen molar-refractivity contribution >= 4 is 54.3 Å². The molecule has 0 radical (unpaired) electrons. The van der Waals surface area contributed by atoms with Crippen molar-refractivity contribution < 1.29 is 26.3 Å². The lowest BCUT2D eigenvalue weighted by atomic mass is 9.99. The van der Waals surface area contributed by atoms with Gasteiger partial charge < -0.3 is 14.8 Å². The quantitative estimate of drug-likeness (QED) is 0.410. The number of anilines is 3. The average molecular weight is 578 g/mol. The molecule has 0 bridgehead atoms. The predicted octanol–water partition coefficient (Wildman–Crippen LogP) is 4.81. The van der Waals surface area contributed by atoms with E-state index < -0.39 is 20.0 Å².